The van der Waals surface area contributed by atoms with Gasteiger partial charge in [-0.2, -0.15) is 4.37 Å². The Kier molecular flexibility index (Phi) is 3.70. The van der Waals surface area contributed by atoms with E-state index in [1.165, 1.54) is 11.5 Å². The first-order chi connectivity index (χ1) is 8.20. The van der Waals surface area contributed by atoms with Gasteiger partial charge in [-0.05, 0) is 0 Å². The van der Waals surface area contributed by atoms with Crippen molar-refractivity contribution in [1.82, 2.24) is 18.9 Å². The fourth-order valence-corrected chi connectivity index (χ4v) is 2.05. The number of aromatic nitrogens is 4. The molecule has 0 unspecified atom stereocenters. The maximum Gasteiger partial charge on any atom is 0.205 e. The highest BCUT2D eigenvalue weighted by molar-refractivity contribution is 7.09. The van der Waals surface area contributed by atoms with Crippen LogP contribution < -0.4 is 4.90 Å². The molecule has 0 aromatic carbocycles. The molecule has 0 saturated carbocycles. The summed E-state index contributed by atoms with van der Waals surface area (Å²) in [6.07, 6.45) is 3.72. The van der Waals surface area contributed by atoms with Crippen LogP contribution in [-0.4, -0.2) is 33.1 Å². The van der Waals surface area contributed by atoms with Gasteiger partial charge < -0.3 is 14.2 Å². The van der Waals surface area contributed by atoms with E-state index >= 15 is 0 Å². The summed E-state index contributed by atoms with van der Waals surface area (Å²) >= 11 is 1.37. The molecule has 0 spiro atoms. The van der Waals surface area contributed by atoms with E-state index in [1.54, 1.807) is 13.3 Å². The third-order valence-corrected chi connectivity index (χ3v) is 3.23. The summed E-state index contributed by atoms with van der Waals surface area (Å²) in [4.78, 5) is 10.7. The highest BCUT2D eigenvalue weighted by atomic mass is 32.1. The monoisotopic (exact) mass is 253 g/mol. The van der Waals surface area contributed by atoms with E-state index in [0.717, 1.165) is 16.8 Å². The average molecular weight is 253 g/mol. The van der Waals surface area contributed by atoms with Crippen molar-refractivity contribution in [3.8, 4) is 0 Å². The topological polar surface area (TPSA) is 56.1 Å². The van der Waals surface area contributed by atoms with Crippen molar-refractivity contribution in [3.05, 3.63) is 24.0 Å². The van der Waals surface area contributed by atoms with Gasteiger partial charge in [-0.1, -0.05) is 0 Å². The Hall–Kier alpha value is -1.47. The predicted octanol–water partition coefficient (Wildman–Crippen LogP) is 1.05. The number of hydrogen-bond acceptors (Lipinski definition) is 6. The number of aryl methyl sites for hydroxylation is 1. The molecule has 7 heteroatoms. The molecule has 0 aliphatic rings. The molecule has 2 heterocycles. The van der Waals surface area contributed by atoms with E-state index < -0.39 is 0 Å². The maximum absolute atomic E-state index is 4.99. The van der Waals surface area contributed by atoms with Crippen molar-refractivity contribution in [2.45, 2.75) is 13.2 Å². The van der Waals surface area contributed by atoms with Gasteiger partial charge in [0.15, 0.2) is 5.82 Å². The van der Waals surface area contributed by atoms with Crippen molar-refractivity contribution in [1.29, 1.82) is 0 Å². The molecule has 0 amide bonds. The summed E-state index contributed by atoms with van der Waals surface area (Å²) < 4.78 is 11.2. The van der Waals surface area contributed by atoms with Crippen LogP contribution in [0.5, 0.6) is 0 Å². The minimum Gasteiger partial charge on any atom is -0.377 e. The molecule has 2 rings (SSSR count). The van der Waals surface area contributed by atoms with Gasteiger partial charge in [0.1, 0.15) is 12.4 Å². The van der Waals surface area contributed by atoms with Crippen LogP contribution >= 0.6 is 11.5 Å². The minimum absolute atomic E-state index is 0.451. The zero-order chi connectivity index (χ0) is 12.3. The van der Waals surface area contributed by atoms with Gasteiger partial charge in [-0.3, -0.25) is 0 Å². The summed E-state index contributed by atoms with van der Waals surface area (Å²) in [6.45, 7) is 1.16. The quantitative estimate of drug-likeness (QED) is 0.797. The van der Waals surface area contributed by atoms with E-state index in [-0.39, 0.29) is 0 Å². The third-order valence-electron chi connectivity index (χ3n) is 2.36. The number of rotatable bonds is 5. The van der Waals surface area contributed by atoms with Gasteiger partial charge in [0, 0.05) is 45.1 Å². The van der Waals surface area contributed by atoms with Crippen LogP contribution in [0.3, 0.4) is 0 Å². The van der Waals surface area contributed by atoms with Crippen molar-refractivity contribution in [2.24, 2.45) is 7.05 Å². The van der Waals surface area contributed by atoms with Crippen LogP contribution in [0, 0.1) is 0 Å². The van der Waals surface area contributed by atoms with Gasteiger partial charge in [-0.15, -0.1) is 0 Å². The lowest BCUT2D eigenvalue weighted by Crippen LogP contribution is -2.18. The molecule has 6 nitrogen and oxygen atoms in total. The molecule has 0 radical (unpaired) electrons. The zero-order valence-corrected chi connectivity index (χ0v) is 10.9. The second kappa shape index (κ2) is 5.24. The summed E-state index contributed by atoms with van der Waals surface area (Å²) in [5.41, 5.74) is 0. The zero-order valence-electron chi connectivity index (χ0n) is 10.1. The Morgan fingerprint density at radius 3 is 3.00 bits per heavy atom. The Bertz CT molecular complexity index is 481. The van der Waals surface area contributed by atoms with Crippen molar-refractivity contribution in [2.75, 3.05) is 19.1 Å². The number of ether oxygens (including phenoxy) is 1. The molecule has 92 valence electrons. The Morgan fingerprint density at radius 1 is 1.53 bits per heavy atom. The molecule has 0 fully saturated rings. The smallest absolute Gasteiger partial charge is 0.205 e. The summed E-state index contributed by atoms with van der Waals surface area (Å²) in [6, 6.07) is 0. The van der Waals surface area contributed by atoms with Gasteiger partial charge in [0.05, 0.1) is 6.54 Å². The maximum atomic E-state index is 4.99. The van der Waals surface area contributed by atoms with E-state index in [4.69, 9.17) is 4.74 Å². The largest absolute Gasteiger partial charge is 0.377 e. The number of imidazole rings is 1. The SMILES string of the molecule is COCc1nsc(N(C)Cc2nccn2C)n1. The molecule has 0 N–H and O–H groups in total. The Morgan fingerprint density at radius 2 is 2.35 bits per heavy atom. The normalized spacial score (nSPS) is 10.8. The molecule has 2 aromatic heterocycles. The van der Waals surface area contributed by atoms with Gasteiger partial charge in [0.2, 0.25) is 5.13 Å². The van der Waals surface area contributed by atoms with Gasteiger partial charge in [-0.25, -0.2) is 9.97 Å². The third kappa shape index (κ3) is 2.80. The highest BCUT2D eigenvalue weighted by Gasteiger charge is 2.10. The first-order valence-electron chi connectivity index (χ1n) is 5.19. The lowest BCUT2D eigenvalue weighted by atomic mass is 10.5. The van der Waals surface area contributed by atoms with E-state index in [9.17, 15) is 0 Å². The molecule has 2 aromatic rings. The number of hydrogen-bond donors (Lipinski definition) is 0. The molecule has 0 aliphatic heterocycles. The van der Waals surface area contributed by atoms with Crippen molar-refractivity contribution in [3.63, 3.8) is 0 Å². The van der Waals surface area contributed by atoms with Crippen LogP contribution in [0.2, 0.25) is 0 Å². The van der Waals surface area contributed by atoms with Crippen molar-refractivity contribution >= 4 is 16.7 Å². The molecule has 17 heavy (non-hydrogen) atoms. The van der Waals surface area contributed by atoms with E-state index in [0.29, 0.717) is 13.2 Å². The second-order valence-electron chi connectivity index (χ2n) is 3.74. The number of anilines is 1. The Balaban J connectivity index is 2.04. The summed E-state index contributed by atoms with van der Waals surface area (Å²) in [5.74, 6) is 1.72. The van der Waals surface area contributed by atoms with E-state index in [1.807, 2.05) is 29.8 Å². The fourth-order valence-electron chi connectivity index (χ4n) is 1.42. The van der Waals surface area contributed by atoms with Crippen molar-refractivity contribution < 1.29 is 4.74 Å². The van der Waals surface area contributed by atoms with Crippen LogP contribution in [0.25, 0.3) is 0 Å². The summed E-state index contributed by atoms with van der Waals surface area (Å²) in [5, 5.41) is 0.875. The number of nitrogens with zero attached hydrogens (tertiary/aromatic N) is 5. The highest BCUT2D eigenvalue weighted by Crippen LogP contribution is 2.17. The summed E-state index contributed by atoms with van der Waals surface area (Å²) in [7, 11) is 5.59. The number of methoxy groups -OCH3 is 1. The first-order valence-corrected chi connectivity index (χ1v) is 5.97. The average Bonchev–Trinajstić information content (AvgIpc) is 2.90. The molecular formula is C10H15N5OS. The molecular weight excluding hydrogens is 238 g/mol. The fraction of sp³-hybridized carbons (Fsp3) is 0.500. The standard InChI is InChI=1S/C10H15N5OS/c1-14-5-4-11-9(14)6-15(2)10-12-8(7-16-3)13-17-10/h4-5H,6-7H2,1-3H3. The van der Waals surface area contributed by atoms with E-state index in [2.05, 4.69) is 14.3 Å². The van der Waals surface area contributed by atoms with Gasteiger partial charge in [0.25, 0.3) is 0 Å². The van der Waals surface area contributed by atoms with Gasteiger partial charge >= 0.3 is 0 Å². The van der Waals surface area contributed by atoms with Crippen LogP contribution in [0.15, 0.2) is 12.4 Å². The molecule has 0 saturated heterocycles. The van der Waals surface area contributed by atoms with Crippen LogP contribution in [-0.2, 0) is 24.9 Å². The van der Waals surface area contributed by atoms with Crippen LogP contribution in [0.4, 0.5) is 5.13 Å². The molecule has 0 bridgehead atoms. The molecule has 0 atom stereocenters. The lowest BCUT2D eigenvalue weighted by Gasteiger charge is -2.14. The lowest BCUT2D eigenvalue weighted by molar-refractivity contribution is 0.179. The molecule has 0 aliphatic carbocycles. The Labute approximate surface area is 104 Å². The first kappa shape index (κ1) is 12.0. The van der Waals surface area contributed by atoms with Crippen LogP contribution in [0.1, 0.15) is 11.6 Å². The second-order valence-corrected chi connectivity index (χ2v) is 4.47. The minimum atomic E-state index is 0.451. The predicted molar refractivity (Wildman–Crippen MR) is 65.9 cm³/mol.